The van der Waals surface area contributed by atoms with Crippen LogP contribution in [0, 0.1) is 0 Å². The fraction of sp³-hybridized carbons (Fsp3) is 0.357. The molecule has 114 valence electrons. The van der Waals surface area contributed by atoms with E-state index in [2.05, 4.69) is 10.6 Å². The molecule has 4 N–H and O–H groups in total. The zero-order chi connectivity index (χ0) is 15.8. The Balaban J connectivity index is 2.48. The molecular formula is C14H18N2O5. The molecule has 0 aliphatic carbocycles. The van der Waals surface area contributed by atoms with Crippen LogP contribution in [0.4, 0.5) is 4.79 Å². The molecule has 1 unspecified atom stereocenters. The molecule has 0 saturated heterocycles. The molecule has 0 aliphatic heterocycles. The molecule has 1 aromatic carbocycles. The number of carboxylic acids is 2. The first-order valence-electron chi connectivity index (χ1n) is 6.44. The molecule has 0 radical (unpaired) electrons. The van der Waals surface area contributed by atoms with Gasteiger partial charge in [0, 0.05) is 6.04 Å². The lowest BCUT2D eigenvalue weighted by molar-refractivity contribution is -0.145. The van der Waals surface area contributed by atoms with E-state index in [-0.39, 0.29) is 6.04 Å². The normalized spacial score (nSPS) is 13.0. The molecule has 0 aliphatic rings. The topological polar surface area (TPSA) is 116 Å². The number of amides is 2. The maximum Gasteiger partial charge on any atom is 0.326 e. The summed E-state index contributed by atoms with van der Waals surface area (Å²) < 4.78 is 0. The van der Waals surface area contributed by atoms with E-state index in [1.165, 1.54) is 0 Å². The molecule has 1 aromatic rings. The van der Waals surface area contributed by atoms with Gasteiger partial charge in [0.2, 0.25) is 0 Å². The highest BCUT2D eigenvalue weighted by molar-refractivity contribution is 5.86. The number of urea groups is 1. The quantitative estimate of drug-likeness (QED) is 0.595. The van der Waals surface area contributed by atoms with Crippen LogP contribution in [0.25, 0.3) is 0 Å². The second-order valence-corrected chi connectivity index (χ2v) is 4.70. The highest BCUT2D eigenvalue weighted by Gasteiger charge is 2.23. The number of hydrogen-bond donors (Lipinski definition) is 4. The molecule has 0 heterocycles. The summed E-state index contributed by atoms with van der Waals surface area (Å²) in [5, 5.41) is 22.1. The molecule has 0 saturated carbocycles. The molecule has 21 heavy (non-hydrogen) atoms. The SMILES string of the molecule is CC(Cc1ccccc1)NC(=O)N[C@H](CC(=O)O)C(=O)O. The highest BCUT2D eigenvalue weighted by atomic mass is 16.4. The Labute approximate surface area is 122 Å². The third kappa shape index (κ3) is 6.42. The summed E-state index contributed by atoms with van der Waals surface area (Å²) in [5.74, 6) is -2.68. The smallest absolute Gasteiger partial charge is 0.326 e. The van der Waals surface area contributed by atoms with Gasteiger partial charge in [-0.15, -0.1) is 0 Å². The monoisotopic (exact) mass is 294 g/mol. The Morgan fingerprint density at radius 2 is 1.71 bits per heavy atom. The number of carboxylic acid groups (broad SMARTS) is 2. The van der Waals surface area contributed by atoms with Gasteiger partial charge in [0.15, 0.2) is 0 Å². The van der Waals surface area contributed by atoms with Crippen LogP contribution in [0.2, 0.25) is 0 Å². The second-order valence-electron chi connectivity index (χ2n) is 4.70. The van der Waals surface area contributed by atoms with E-state index in [4.69, 9.17) is 10.2 Å². The van der Waals surface area contributed by atoms with Gasteiger partial charge in [0.05, 0.1) is 6.42 Å². The van der Waals surface area contributed by atoms with Crippen molar-refractivity contribution in [2.75, 3.05) is 0 Å². The molecule has 7 heteroatoms. The first-order chi connectivity index (χ1) is 9.88. The van der Waals surface area contributed by atoms with Crippen molar-refractivity contribution in [3.05, 3.63) is 35.9 Å². The minimum atomic E-state index is -1.45. The molecular weight excluding hydrogens is 276 g/mol. The number of carbonyl (C=O) groups excluding carboxylic acids is 1. The van der Waals surface area contributed by atoms with Crippen LogP contribution >= 0.6 is 0 Å². The molecule has 0 aromatic heterocycles. The summed E-state index contributed by atoms with van der Waals surface area (Å²) in [6, 6.07) is 7.12. The van der Waals surface area contributed by atoms with Gasteiger partial charge < -0.3 is 20.8 Å². The first-order valence-corrected chi connectivity index (χ1v) is 6.44. The minimum absolute atomic E-state index is 0.216. The third-order valence-corrected chi connectivity index (χ3v) is 2.74. The fourth-order valence-corrected chi connectivity index (χ4v) is 1.82. The summed E-state index contributed by atoms with van der Waals surface area (Å²) in [6.45, 7) is 1.78. The molecule has 0 bridgehead atoms. The molecule has 0 spiro atoms. The fourth-order valence-electron chi connectivity index (χ4n) is 1.82. The van der Waals surface area contributed by atoms with E-state index < -0.39 is 30.4 Å². The van der Waals surface area contributed by atoms with Crippen LogP contribution in [-0.4, -0.2) is 40.3 Å². The van der Waals surface area contributed by atoms with Crippen molar-refractivity contribution in [3.8, 4) is 0 Å². The van der Waals surface area contributed by atoms with Gasteiger partial charge in [-0.25, -0.2) is 9.59 Å². The highest BCUT2D eigenvalue weighted by Crippen LogP contribution is 2.02. The van der Waals surface area contributed by atoms with Gasteiger partial charge in [0.1, 0.15) is 6.04 Å². The average molecular weight is 294 g/mol. The van der Waals surface area contributed by atoms with Crippen molar-refractivity contribution in [3.63, 3.8) is 0 Å². The maximum absolute atomic E-state index is 11.7. The van der Waals surface area contributed by atoms with Crippen LogP contribution in [-0.2, 0) is 16.0 Å². The first kappa shape index (κ1) is 16.5. The van der Waals surface area contributed by atoms with Crippen molar-refractivity contribution in [2.45, 2.75) is 31.8 Å². The lowest BCUT2D eigenvalue weighted by Crippen LogP contribution is -2.49. The number of benzene rings is 1. The number of aliphatic carboxylic acids is 2. The van der Waals surface area contributed by atoms with Gasteiger partial charge >= 0.3 is 18.0 Å². The summed E-state index contributed by atoms with van der Waals surface area (Å²) >= 11 is 0. The Morgan fingerprint density at radius 1 is 1.10 bits per heavy atom. The predicted octanol–water partition coefficient (Wildman–Crippen LogP) is 0.845. The lowest BCUT2D eigenvalue weighted by Gasteiger charge is -2.17. The summed E-state index contributed by atoms with van der Waals surface area (Å²) in [4.78, 5) is 33.0. The predicted molar refractivity (Wildman–Crippen MR) is 75.0 cm³/mol. The minimum Gasteiger partial charge on any atom is -0.481 e. The van der Waals surface area contributed by atoms with Crippen LogP contribution in [0.1, 0.15) is 18.9 Å². The van der Waals surface area contributed by atoms with Crippen LogP contribution in [0.15, 0.2) is 30.3 Å². The Hall–Kier alpha value is -2.57. The van der Waals surface area contributed by atoms with Crippen molar-refractivity contribution < 1.29 is 24.6 Å². The van der Waals surface area contributed by atoms with Crippen molar-refractivity contribution in [1.29, 1.82) is 0 Å². The van der Waals surface area contributed by atoms with Gasteiger partial charge in [-0.1, -0.05) is 30.3 Å². The van der Waals surface area contributed by atoms with E-state index >= 15 is 0 Å². The Morgan fingerprint density at radius 3 is 2.24 bits per heavy atom. The summed E-state index contributed by atoms with van der Waals surface area (Å²) in [5.41, 5.74) is 1.03. The molecule has 2 amide bonds. The van der Waals surface area contributed by atoms with Crippen molar-refractivity contribution >= 4 is 18.0 Å². The number of hydrogen-bond acceptors (Lipinski definition) is 3. The number of rotatable bonds is 7. The average Bonchev–Trinajstić information content (AvgIpc) is 2.38. The van der Waals surface area contributed by atoms with E-state index in [9.17, 15) is 14.4 Å². The maximum atomic E-state index is 11.7. The van der Waals surface area contributed by atoms with Gasteiger partial charge in [0.25, 0.3) is 0 Å². The number of carbonyl (C=O) groups is 3. The van der Waals surface area contributed by atoms with Crippen molar-refractivity contribution in [2.24, 2.45) is 0 Å². The summed E-state index contributed by atoms with van der Waals surface area (Å²) in [6.07, 6.45) is -0.0826. The largest absolute Gasteiger partial charge is 0.481 e. The van der Waals surface area contributed by atoms with Crippen LogP contribution < -0.4 is 10.6 Å². The van der Waals surface area contributed by atoms with Crippen LogP contribution in [0.5, 0.6) is 0 Å². The molecule has 1 rings (SSSR count). The zero-order valence-corrected chi connectivity index (χ0v) is 11.6. The van der Waals surface area contributed by atoms with Gasteiger partial charge in [-0.05, 0) is 18.9 Å². The number of nitrogens with one attached hydrogen (secondary N) is 2. The second kappa shape index (κ2) is 7.88. The van der Waals surface area contributed by atoms with E-state index in [1.807, 2.05) is 30.3 Å². The third-order valence-electron chi connectivity index (χ3n) is 2.74. The van der Waals surface area contributed by atoms with Gasteiger partial charge in [-0.2, -0.15) is 0 Å². The summed E-state index contributed by atoms with van der Waals surface area (Å²) in [7, 11) is 0. The Bertz CT molecular complexity index is 503. The van der Waals surface area contributed by atoms with Crippen molar-refractivity contribution in [1.82, 2.24) is 10.6 Å². The lowest BCUT2D eigenvalue weighted by atomic mass is 10.1. The van der Waals surface area contributed by atoms with Crippen LogP contribution in [0.3, 0.4) is 0 Å². The van der Waals surface area contributed by atoms with E-state index in [0.29, 0.717) is 6.42 Å². The standard InChI is InChI=1S/C14H18N2O5/c1-9(7-10-5-3-2-4-6-10)15-14(21)16-11(13(19)20)8-12(17)18/h2-6,9,11H,7-8H2,1H3,(H,17,18)(H,19,20)(H2,15,16,21)/t9?,11-/m1/s1. The molecule has 0 fully saturated rings. The molecule has 7 nitrogen and oxygen atoms in total. The zero-order valence-electron chi connectivity index (χ0n) is 11.6. The Kier molecular flexibility index (Phi) is 6.19. The van der Waals surface area contributed by atoms with Gasteiger partial charge in [-0.3, -0.25) is 4.79 Å². The van der Waals surface area contributed by atoms with E-state index in [1.54, 1.807) is 6.92 Å². The molecule has 2 atom stereocenters. The van der Waals surface area contributed by atoms with E-state index in [0.717, 1.165) is 5.56 Å².